The van der Waals surface area contributed by atoms with Gasteiger partial charge in [0, 0.05) is 42.2 Å². The van der Waals surface area contributed by atoms with E-state index in [9.17, 15) is 0 Å². The highest BCUT2D eigenvalue weighted by Gasteiger charge is 1.83. The van der Waals surface area contributed by atoms with Gasteiger partial charge in [0.15, 0.2) is 0 Å². The standard InChI is InChI=1S/C7H16O.2C2H6O/c1-3-4-5-6-7-8-2;2*1-3-2/h3-7H2,1-2H3;2*1-2H3. The predicted octanol–water partition coefficient (Wildman–Crippen LogP) is 2.74. The molecule has 0 unspecified atom stereocenters. The summed E-state index contributed by atoms with van der Waals surface area (Å²) in [6, 6.07) is 0. The molecule has 0 aliphatic rings. The van der Waals surface area contributed by atoms with Crippen LogP contribution in [-0.4, -0.2) is 42.2 Å². The lowest BCUT2D eigenvalue weighted by molar-refractivity contribution is 0.192. The molecule has 0 amide bonds. The normalized spacial score (nSPS) is 8.14. The van der Waals surface area contributed by atoms with Crippen LogP contribution >= 0.6 is 0 Å². The molecule has 14 heavy (non-hydrogen) atoms. The van der Waals surface area contributed by atoms with E-state index in [0.29, 0.717) is 0 Å². The van der Waals surface area contributed by atoms with E-state index in [4.69, 9.17) is 4.74 Å². The van der Waals surface area contributed by atoms with Crippen LogP contribution in [0, 0.1) is 0 Å². The van der Waals surface area contributed by atoms with Crippen LogP contribution in [0.4, 0.5) is 0 Å². The van der Waals surface area contributed by atoms with Gasteiger partial charge in [-0.25, -0.2) is 0 Å². The van der Waals surface area contributed by atoms with Crippen molar-refractivity contribution < 1.29 is 14.2 Å². The van der Waals surface area contributed by atoms with Gasteiger partial charge in [0.25, 0.3) is 0 Å². The Hall–Kier alpha value is -0.120. The Morgan fingerprint density at radius 2 is 1.14 bits per heavy atom. The summed E-state index contributed by atoms with van der Waals surface area (Å²) in [7, 11) is 8.26. The average molecular weight is 208 g/mol. The van der Waals surface area contributed by atoms with Gasteiger partial charge in [0.05, 0.1) is 0 Å². The van der Waals surface area contributed by atoms with E-state index in [1.807, 2.05) is 0 Å². The average Bonchev–Trinajstić information content (AvgIpc) is 2.15. The van der Waals surface area contributed by atoms with Gasteiger partial charge in [0.2, 0.25) is 0 Å². The van der Waals surface area contributed by atoms with Crippen molar-refractivity contribution in [1.82, 2.24) is 0 Å². The quantitative estimate of drug-likeness (QED) is 0.650. The van der Waals surface area contributed by atoms with Crippen LogP contribution in [0.2, 0.25) is 0 Å². The maximum Gasteiger partial charge on any atom is 0.0462 e. The fraction of sp³-hybridized carbons (Fsp3) is 1.00. The van der Waals surface area contributed by atoms with E-state index < -0.39 is 0 Å². The topological polar surface area (TPSA) is 27.7 Å². The maximum atomic E-state index is 4.89. The summed E-state index contributed by atoms with van der Waals surface area (Å²) in [6.07, 6.45) is 5.21. The molecule has 0 radical (unpaired) electrons. The molecule has 0 aromatic rings. The molecular formula is C11H28O3. The minimum absolute atomic E-state index is 0.931. The SMILES string of the molecule is CCCCCCOC.COC.COC. The maximum absolute atomic E-state index is 4.89. The summed E-state index contributed by atoms with van der Waals surface area (Å²) in [4.78, 5) is 0. The molecule has 0 aliphatic carbocycles. The minimum atomic E-state index is 0.931. The highest BCUT2D eigenvalue weighted by atomic mass is 16.5. The number of hydrogen-bond acceptors (Lipinski definition) is 3. The fourth-order valence-corrected chi connectivity index (χ4v) is 0.673. The fourth-order valence-electron chi connectivity index (χ4n) is 0.673. The van der Waals surface area contributed by atoms with Gasteiger partial charge in [-0.2, -0.15) is 0 Å². The highest BCUT2D eigenvalue weighted by Crippen LogP contribution is 1.97. The van der Waals surface area contributed by atoms with Gasteiger partial charge in [-0.3, -0.25) is 0 Å². The smallest absolute Gasteiger partial charge is 0.0462 e. The van der Waals surface area contributed by atoms with Crippen molar-refractivity contribution in [2.24, 2.45) is 0 Å². The Kier molecular flexibility index (Phi) is 40.7. The lowest BCUT2D eigenvalue weighted by Crippen LogP contribution is -1.86. The summed E-state index contributed by atoms with van der Waals surface area (Å²) in [6.45, 7) is 3.15. The molecule has 0 aromatic carbocycles. The third kappa shape index (κ3) is 59.1. The van der Waals surface area contributed by atoms with Crippen molar-refractivity contribution in [2.45, 2.75) is 32.6 Å². The largest absolute Gasteiger partial charge is 0.388 e. The molecule has 0 N–H and O–H groups in total. The van der Waals surface area contributed by atoms with E-state index in [0.717, 1.165) is 6.61 Å². The molecule has 0 heterocycles. The van der Waals surface area contributed by atoms with Crippen LogP contribution in [0.15, 0.2) is 0 Å². The molecule has 0 saturated heterocycles. The van der Waals surface area contributed by atoms with Crippen molar-refractivity contribution >= 4 is 0 Å². The first kappa shape index (κ1) is 19.5. The first-order valence-electron chi connectivity index (χ1n) is 5.04. The Morgan fingerprint density at radius 1 is 0.714 bits per heavy atom. The molecule has 0 aromatic heterocycles. The van der Waals surface area contributed by atoms with Crippen molar-refractivity contribution in [2.75, 3.05) is 42.2 Å². The Bertz CT molecular complexity index is 50.5. The van der Waals surface area contributed by atoms with Gasteiger partial charge >= 0.3 is 0 Å². The molecule has 0 atom stereocenters. The molecule has 0 fully saturated rings. The summed E-state index contributed by atoms with van der Waals surface area (Å²) < 4.78 is 13.4. The van der Waals surface area contributed by atoms with Crippen molar-refractivity contribution in [3.8, 4) is 0 Å². The Morgan fingerprint density at radius 3 is 1.43 bits per heavy atom. The van der Waals surface area contributed by atoms with Gasteiger partial charge in [0.1, 0.15) is 0 Å². The van der Waals surface area contributed by atoms with Crippen LogP contribution in [0.5, 0.6) is 0 Å². The molecule has 0 rings (SSSR count). The van der Waals surface area contributed by atoms with Gasteiger partial charge in [-0.05, 0) is 6.42 Å². The number of hydrogen-bond donors (Lipinski definition) is 0. The summed E-state index contributed by atoms with van der Waals surface area (Å²) >= 11 is 0. The van der Waals surface area contributed by atoms with E-state index in [1.165, 1.54) is 25.7 Å². The zero-order valence-electron chi connectivity index (χ0n) is 10.8. The Labute approximate surface area is 89.7 Å². The third-order valence-corrected chi connectivity index (χ3v) is 1.20. The predicted molar refractivity (Wildman–Crippen MR) is 61.9 cm³/mol. The van der Waals surface area contributed by atoms with Crippen LogP contribution in [-0.2, 0) is 14.2 Å². The molecular weight excluding hydrogens is 180 g/mol. The summed E-state index contributed by atoms with van der Waals surface area (Å²) in [5.41, 5.74) is 0. The van der Waals surface area contributed by atoms with E-state index in [2.05, 4.69) is 16.4 Å². The van der Waals surface area contributed by atoms with Crippen molar-refractivity contribution in [3.05, 3.63) is 0 Å². The number of unbranched alkanes of at least 4 members (excludes halogenated alkanes) is 3. The van der Waals surface area contributed by atoms with E-state index in [1.54, 1.807) is 35.5 Å². The van der Waals surface area contributed by atoms with Crippen LogP contribution < -0.4 is 0 Å². The first-order valence-corrected chi connectivity index (χ1v) is 5.04. The molecule has 0 saturated carbocycles. The highest BCUT2D eigenvalue weighted by molar-refractivity contribution is 4.37. The van der Waals surface area contributed by atoms with Crippen molar-refractivity contribution in [1.29, 1.82) is 0 Å². The lowest BCUT2D eigenvalue weighted by atomic mass is 10.2. The van der Waals surface area contributed by atoms with E-state index in [-0.39, 0.29) is 0 Å². The van der Waals surface area contributed by atoms with Crippen LogP contribution in [0.1, 0.15) is 32.6 Å². The summed E-state index contributed by atoms with van der Waals surface area (Å²) in [5, 5.41) is 0. The van der Waals surface area contributed by atoms with Gasteiger partial charge in [-0.1, -0.05) is 26.2 Å². The van der Waals surface area contributed by atoms with Gasteiger partial charge < -0.3 is 14.2 Å². The summed E-state index contributed by atoms with van der Waals surface area (Å²) in [5.74, 6) is 0. The zero-order valence-corrected chi connectivity index (χ0v) is 10.8. The minimum Gasteiger partial charge on any atom is -0.388 e. The third-order valence-electron chi connectivity index (χ3n) is 1.20. The van der Waals surface area contributed by atoms with E-state index >= 15 is 0 Å². The second-order valence-electron chi connectivity index (χ2n) is 2.87. The molecule has 0 bridgehead atoms. The monoisotopic (exact) mass is 208 g/mol. The molecule has 3 heteroatoms. The molecule has 90 valence electrons. The first-order chi connectivity index (χ1) is 6.74. The zero-order chi connectivity index (χ0) is 11.7. The second-order valence-corrected chi connectivity index (χ2v) is 2.87. The second kappa shape index (κ2) is 29.3. The number of rotatable bonds is 5. The van der Waals surface area contributed by atoms with Crippen LogP contribution in [0.3, 0.4) is 0 Å². The molecule has 3 nitrogen and oxygen atoms in total. The number of methoxy groups -OCH3 is 3. The van der Waals surface area contributed by atoms with Crippen molar-refractivity contribution in [3.63, 3.8) is 0 Å². The Balaban J connectivity index is -0.000000168. The van der Waals surface area contributed by atoms with Gasteiger partial charge in [-0.15, -0.1) is 0 Å². The molecule has 0 aliphatic heterocycles. The molecule has 0 spiro atoms. The lowest BCUT2D eigenvalue weighted by Gasteiger charge is -1.95. The number of ether oxygens (including phenoxy) is 3. The van der Waals surface area contributed by atoms with Crippen LogP contribution in [0.25, 0.3) is 0 Å².